The fourth-order valence-corrected chi connectivity index (χ4v) is 3.69. The van der Waals surface area contributed by atoms with Crippen molar-refractivity contribution in [2.75, 3.05) is 6.54 Å². The number of nitrogens with one attached hydrogen (secondary N) is 3. The molecule has 250 valence electrons. The minimum Gasteiger partial charge on any atom is -0.460 e. The van der Waals surface area contributed by atoms with Gasteiger partial charge < -0.3 is 35.0 Å². The zero-order valence-electron chi connectivity index (χ0n) is 27.2. The average Bonchev–Trinajstić information content (AvgIpc) is 3.14. The maximum absolute atomic E-state index is 13.0. The summed E-state index contributed by atoms with van der Waals surface area (Å²) in [5.74, 6) is -3.24. The minimum atomic E-state index is -1.22. The van der Waals surface area contributed by atoms with E-state index in [1.807, 2.05) is 0 Å². The van der Waals surface area contributed by atoms with Gasteiger partial charge in [-0.15, -0.1) is 5.06 Å². The second-order valence-corrected chi connectivity index (χ2v) is 13.3. The molecule has 2 atom stereocenters. The Bertz CT molecular complexity index is 1050. The largest absolute Gasteiger partial charge is 0.460 e. The molecule has 0 bridgehead atoms. The maximum Gasteiger partial charge on any atom is 0.432 e. The van der Waals surface area contributed by atoms with Crippen molar-refractivity contribution < 1.29 is 52.6 Å². The van der Waals surface area contributed by atoms with Gasteiger partial charge in [-0.1, -0.05) is 0 Å². The number of nitrogens with zero attached hydrogens (tertiary/aromatic N) is 1. The summed E-state index contributed by atoms with van der Waals surface area (Å²) in [6.45, 7) is 15.2. The molecular weight excluding hydrogens is 580 g/mol. The Labute approximate surface area is 258 Å². The number of imide groups is 1. The quantitative estimate of drug-likeness (QED) is 0.117. The van der Waals surface area contributed by atoms with Crippen molar-refractivity contribution in [1.82, 2.24) is 21.0 Å². The molecular formula is C29H48N4O11. The third kappa shape index (κ3) is 16.1. The Hall–Kier alpha value is -3.91. The first-order chi connectivity index (χ1) is 20.1. The van der Waals surface area contributed by atoms with E-state index in [4.69, 9.17) is 19.0 Å². The van der Waals surface area contributed by atoms with Crippen molar-refractivity contribution in [3.8, 4) is 0 Å². The number of rotatable bonds is 13. The number of hydrogen-bond donors (Lipinski definition) is 3. The number of hydrogen-bond acceptors (Lipinski definition) is 11. The molecule has 0 radical (unpaired) electrons. The van der Waals surface area contributed by atoms with E-state index in [0.717, 1.165) is 0 Å². The summed E-state index contributed by atoms with van der Waals surface area (Å²) in [6, 6.07) is -3.20. The van der Waals surface area contributed by atoms with Gasteiger partial charge in [0.1, 0.15) is 28.9 Å². The number of unbranched alkanes of at least 4 members (excludes halogenated alkanes) is 1. The zero-order valence-corrected chi connectivity index (χ0v) is 27.2. The molecule has 0 aromatic carbocycles. The molecule has 0 spiro atoms. The van der Waals surface area contributed by atoms with Gasteiger partial charge in [-0.2, -0.15) is 0 Å². The fourth-order valence-electron chi connectivity index (χ4n) is 3.69. The van der Waals surface area contributed by atoms with Crippen LogP contribution in [0.3, 0.4) is 0 Å². The lowest BCUT2D eigenvalue weighted by Gasteiger charge is -2.27. The van der Waals surface area contributed by atoms with Crippen LogP contribution >= 0.6 is 0 Å². The lowest BCUT2D eigenvalue weighted by atomic mass is 10.1. The SMILES string of the molecule is CC(C)(C)OC(=O)CC[C@H](NC(=O)N[C@@H](CCCCNC(=O)ON1C(=O)CCC1=O)C(=O)OC(C)(C)C)C(=O)OC(C)(C)C. The second kappa shape index (κ2) is 16.2. The Balaban J connectivity index is 2.81. The molecule has 0 unspecified atom stereocenters. The monoisotopic (exact) mass is 628 g/mol. The molecule has 1 aliphatic heterocycles. The molecule has 1 heterocycles. The van der Waals surface area contributed by atoms with Crippen LogP contribution in [0.1, 0.15) is 107 Å². The van der Waals surface area contributed by atoms with Crippen LogP contribution in [0.4, 0.5) is 9.59 Å². The summed E-state index contributed by atoms with van der Waals surface area (Å²) in [7, 11) is 0. The molecule has 1 fully saturated rings. The van der Waals surface area contributed by atoms with Crippen molar-refractivity contribution >= 4 is 41.8 Å². The van der Waals surface area contributed by atoms with E-state index in [2.05, 4.69) is 16.0 Å². The van der Waals surface area contributed by atoms with Gasteiger partial charge in [-0.3, -0.25) is 14.4 Å². The fraction of sp³-hybridized carbons (Fsp3) is 0.759. The molecule has 0 aliphatic carbocycles. The van der Waals surface area contributed by atoms with Crippen molar-refractivity contribution in [1.29, 1.82) is 0 Å². The number of amides is 5. The third-order valence-corrected chi connectivity index (χ3v) is 5.42. The molecule has 5 amide bonds. The number of hydroxylamine groups is 2. The van der Waals surface area contributed by atoms with E-state index in [1.54, 1.807) is 62.3 Å². The number of urea groups is 1. The number of carbonyl (C=O) groups is 7. The van der Waals surface area contributed by atoms with Gasteiger partial charge in [0.25, 0.3) is 11.8 Å². The van der Waals surface area contributed by atoms with Crippen LogP contribution in [0.25, 0.3) is 0 Å². The summed E-state index contributed by atoms with van der Waals surface area (Å²) in [4.78, 5) is 90.8. The highest BCUT2D eigenvalue weighted by Gasteiger charge is 2.33. The predicted octanol–water partition coefficient (Wildman–Crippen LogP) is 2.79. The molecule has 15 heteroatoms. The van der Waals surface area contributed by atoms with Crippen LogP contribution in [0.5, 0.6) is 0 Å². The highest BCUT2D eigenvalue weighted by Crippen LogP contribution is 2.15. The number of ether oxygens (including phenoxy) is 3. The smallest absolute Gasteiger partial charge is 0.432 e. The molecule has 44 heavy (non-hydrogen) atoms. The van der Waals surface area contributed by atoms with Gasteiger partial charge in [-0.05, 0) is 88.0 Å². The molecule has 1 saturated heterocycles. The van der Waals surface area contributed by atoms with Crippen LogP contribution in [0, 0.1) is 0 Å². The van der Waals surface area contributed by atoms with Crippen molar-refractivity contribution in [3.05, 3.63) is 0 Å². The highest BCUT2D eigenvalue weighted by molar-refractivity contribution is 6.01. The first-order valence-electron chi connectivity index (χ1n) is 14.6. The van der Waals surface area contributed by atoms with Crippen LogP contribution in [0.15, 0.2) is 0 Å². The Morgan fingerprint density at radius 1 is 0.705 bits per heavy atom. The minimum absolute atomic E-state index is 0.0268. The second-order valence-electron chi connectivity index (χ2n) is 13.3. The maximum atomic E-state index is 13.0. The van der Waals surface area contributed by atoms with Gasteiger partial charge in [0, 0.05) is 25.8 Å². The van der Waals surface area contributed by atoms with Crippen molar-refractivity contribution in [3.63, 3.8) is 0 Å². The normalized spacial score (nSPS) is 15.2. The molecule has 1 aliphatic rings. The van der Waals surface area contributed by atoms with E-state index in [0.29, 0.717) is 17.9 Å². The van der Waals surface area contributed by atoms with Crippen LogP contribution in [-0.4, -0.2) is 82.3 Å². The van der Waals surface area contributed by atoms with Gasteiger partial charge in [0.2, 0.25) is 0 Å². The lowest BCUT2D eigenvalue weighted by molar-refractivity contribution is -0.171. The Morgan fingerprint density at radius 3 is 1.61 bits per heavy atom. The summed E-state index contributed by atoms with van der Waals surface area (Å²) < 4.78 is 16.1. The first-order valence-corrected chi connectivity index (χ1v) is 14.6. The van der Waals surface area contributed by atoms with Crippen molar-refractivity contribution in [2.24, 2.45) is 0 Å². The summed E-state index contributed by atoms with van der Waals surface area (Å²) in [6.07, 6.45) is -0.526. The predicted molar refractivity (Wildman–Crippen MR) is 155 cm³/mol. The zero-order chi connectivity index (χ0) is 33.9. The van der Waals surface area contributed by atoms with Gasteiger partial charge in [0.05, 0.1) is 0 Å². The lowest BCUT2D eigenvalue weighted by Crippen LogP contribution is -2.53. The third-order valence-electron chi connectivity index (χ3n) is 5.42. The van der Waals surface area contributed by atoms with Crippen molar-refractivity contribution in [2.45, 2.75) is 136 Å². The van der Waals surface area contributed by atoms with Gasteiger partial charge in [0.15, 0.2) is 0 Å². The average molecular weight is 629 g/mol. The van der Waals surface area contributed by atoms with E-state index in [1.165, 1.54) is 0 Å². The first kappa shape index (κ1) is 38.1. The van der Waals surface area contributed by atoms with E-state index in [9.17, 15) is 33.6 Å². The molecule has 15 nitrogen and oxygen atoms in total. The number of carbonyl (C=O) groups excluding carboxylic acids is 7. The van der Waals surface area contributed by atoms with E-state index >= 15 is 0 Å². The highest BCUT2D eigenvalue weighted by atomic mass is 16.7. The summed E-state index contributed by atoms with van der Waals surface area (Å²) >= 11 is 0. The Morgan fingerprint density at radius 2 is 1.16 bits per heavy atom. The van der Waals surface area contributed by atoms with Crippen LogP contribution in [-0.2, 0) is 43.0 Å². The van der Waals surface area contributed by atoms with Gasteiger partial charge >= 0.3 is 30.0 Å². The van der Waals surface area contributed by atoms with E-state index < -0.39 is 70.7 Å². The summed E-state index contributed by atoms with van der Waals surface area (Å²) in [5.41, 5.74) is -2.44. The topological polar surface area (TPSA) is 196 Å². The van der Waals surface area contributed by atoms with E-state index in [-0.39, 0.29) is 38.6 Å². The van der Waals surface area contributed by atoms with Crippen LogP contribution in [0.2, 0.25) is 0 Å². The number of esters is 3. The molecule has 0 aromatic rings. The molecule has 0 aromatic heterocycles. The van der Waals surface area contributed by atoms with Gasteiger partial charge in [-0.25, -0.2) is 19.2 Å². The molecule has 3 N–H and O–H groups in total. The Kier molecular flexibility index (Phi) is 14.1. The summed E-state index contributed by atoms with van der Waals surface area (Å²) in [5, 5.41) is 7.86. The molecule has 0 saturated carbocycles. The standard InChI is InChI=1S/C29H48N4O11/c1-27(2,3)41-22(36)16-13-19(24(38)43-29(7,8)9)32-25(39)31-18(23(37)42-28(4,5)6)12-10-11-17-30-26(40)44-33-20(34)14-15-21(33)35/h18-19H,10-17H2,1-9H3,(H,30,40)(H2,31,32,39)/t18-,19-/m0/s1. The molecule has 1 rings (SSSR count). The van der Waals surface area contributed by atoms with Crippen LogP contribution < -0.4 is 16.0 Å².